The van der Waals surface area contributed by atoms with Crippen LogP contribution in [-0.2, 0) is 13.8 Å². The fourth-order valence-electron chi connectivity index (χ4n) is 4.25. The minimum Gasteiger partial charge on any atom is -0.395 e. The van der Waals surface area contributed by atoms with E-state index in [4.69, 9.17) is 0 Å². The van der Waals surface area contributed by atoms with Gasteiger partial charge < -0.3 is 9.50 Å². The van der Waals surface area contributed by atoms with Gasteiger partial charge in [0.2, 0.25) is 5.91 Å². The minimum absolute atomic E-state index is 0.0455. The van der Waals surface area contributed by atoms with E-state index in [9.17, 15) is 9.59 Å². The van der Waals surface area contributed by atoms with Crippen LogP contribution in [0.15, 0.2) is 0 Å². The van der Waals surface area contributed by atoms with Crippen LogP contribution >= 0.6 is 12.9 Å². The van der Waals surface area contributed by atoms with Gasteiger partial charge in [-0.25, -0.2) is 0 Å². The first-order valence-corrected chi connectivity index (χ1v) is 11.5. The van der Waals surface area contributed by atoms with Gasteiger partial charge in [0.15, 0.2) is 0 Å². The smallest absolute Gasteiger partial charge is 0.317 e. The van der Waals surface area contributed by atoms with Crippen LogP contribution in [0.2, 0.25) is 0 Å². The minimum atomic E-state index is -0.306. The maximum absolute atomic E-state index is 12.5. The predicted molar refractivity (Wildman–Crippen MR) is 128 cm³/mol. The van der Waals surface area contributed by atoms with Crippen molar-refractivity contribution in [2.75, 3.05) is 6.54 Å². The zero-order valence-corrected chi connectivity index (χ0v) is 22.0. The SMILES string of the molecule is CC.CCC(C)(C)CC(C)(C)CNC(=O)CC(C)(C)CC(C)(C)CCC(=O)OS. The maximum atomic E-state index is 12.5. The van der Waals surface area contributed by atoms with Crippen molar-refractivity contribution in [3.05, 3.63) is 0 Å². The van der Waals surface area contributed by atoms with Gasteiger partial charge in [0, 0.05) is 32.3 Å². The largest absolute Gasteiger partial charge is 0.395 e. The average molecular weight is 432 g/mol. The molecule has 5 heteroatoms. The molecule has 0 aromatic carbocycles. The monoisotopic (exact) mass is 431 g/mol. The first-order valence-electron chi connectivity index (χ1n) is 11.1. The first kappa shape index (κ1) is 30.5. The molecule has 0 radical (unpaired) electrons. The summed E-state index contributed by atoms with van der Waals surface area (Å²) < 4.78 is 4.44. The van der Waals surface area contributed by atoms with Gasteiger partial charge in [0.25, 0.3) is 0 Å². The van der Waals surface area contributed by atoms with Crippen molar-refractivity contribution < 1.29 is 13.8 Å². The number of nitrogens with one attached hydrogen (secondary N) is 1. The molecule has 0 saturated carbocycles. The van der Waals surface area contributed by atoms with E-state index in [1.54, 1.807) is 0 Å². The maximum Gasteiger partial charge on any atom is 0.317 e. The van der Waals surface area contributed by atoms with Crippen LogP contribution < -0.4 is 5.32 Å². The molecular formula is C24H49NO3S. The van der Waals surface area contributed by atoms with E-state index < -0.39 is 0 Å². The highest BCUT2D eigenvalue weighted by Gasteiger charge is 2.32. The molecule has 0 heterocycles. The van der Waals surface area contributed by atoms with Crippen molar-refractivity contribution in [3.63, 3.8) is 0 Å². The molecule has 0 unspecified atom stereocenters. The zero-order valence-electron chi connectivity index (χ0n) is 21.1. The van der Waals surface area contributed by atoms with E-state index in [1.165, 1.54) is 0 Å². The van der Waals surface area contributed by atoms with Crippen molar-refractivity contribution in [2.24, 2.45) is 21.7 Å². The standard InChI is InChI=1S/C22H43NO3S.C2H6/c1-10-19(2,3)14-22(8,9)16-23-17(24)13-21(6,7)15-20(4,5)12-11-18(25)26-27;1-2/h27H,10-16H2,1-9H3,(H,23,24);1-2H3. The van der Waals surface area contributed by atoms with Gasteiger partial charge in [-0.15, -0.1) is 0 Å². The quantitative estimate of drug-likeness (QED) is 0.259. The molecule has 0 aromatic heterocycles. The normalized spacial score (nSPS) is 12.7. The number of thiol groups is 1. The lowest BCUT2D eigenvalue weighted by Gasteiger charge is -2.36. The van der Waals surface area contributed by atoms with Crippen LogP contribution in [0.3, 0.4) is 0 Å². The van der Waals surface area contributed by atoms with Gasteiger partial charge >= 0.3 is 5.97 Å². The summed E-state index contributed by atoms with van der Waals surface area (Å²) in [7, 11) is 0. The van der Waals surface area contributed by atoms with Gasteiger partial charge in [-0.05, 0) is 40.9 Å². The van der Waals surface area contributed by atoms with Gasteiger partial charge in [0.1, 0.15) is 0 Å². The Morgan fingerprint density at radius 1 is 0.828 bits per heavy atom. The lowest BCUT2D eigenvalue weighted by atomic mass is 9.71. The highest BCUT2D eigenvalue weighted by atomic mass is 32.1. The number of amides is 1. The molecule has 0 rings (SSSR count). The number of carbonyl (C=O) groups excluding carboxylic acids is 2. The van der Waals surface area contributed by atoms with E-state index in [-0.39, 0.29) is 33.5 Å². The average Bonchev–Trinajstić information content (AvgIpc) is 2.57. The summed E-state index contributed by atoms with van der Waals surface area (Å²) >= 11 is 3.55. The topological polar surface area (TPSA) is 55.4 Å². The summed E-state index contributed by atoms with van der Waals surface area (Å²) in [6.07, 6.45) is 4.62. The molecule has 174 valence electrons. The first-order chi connectivity index (χ1) is 13.0. The third kappa shape index (κ3) is 15.7. The predicted octanol–water partition coefficient (Wildman–Crippen LogP) is 6.98. The number of rotatable bonds is 12. The van der Waals surface area contributed by atoms with Crippen LogP contribution in [0, 0.1) is 21.7 Å². The molecule has 4 nitrogen and oxygen atoms in total. The van der Waals surface area contributed by atoms with Crippen molar-refractivity contribution >= 4 is 24.8 Å². The summed E-state index contributed by atoms with van der Waals surface area (Å²) in [4.78, 5) is 23.9. The molecule has 0 aliphatic carbocycles. The Kier molecular flexibility index (Phi) is 13.5. The number of carbonyl (C=O) groups is 2. The van der Waals surface area contributed by atoms with Crippen LogP contribution in [0.4, 0.5) is 0 Å². The van der Waals surface area contributed by atoms with E-state index in [2.05, 4.69) is 84.7 Å². The molecule has 0 aromatic rings. The van der Waals surface area contributed by atoms with Gasteiger partial charge in [-0.1, -0.05) is 82.6 Å². The second-order valence-electron chi connectivity index (χ2n) is 11.3. The van der Waals surface area contributed by atoms with Crippen LogP contribution in [0.5, 0.6) is 0 Å². The second-order valence-corrected chi connectivity index (χ2v) is 11.5. The molecule has 1 amide bonds. The zero-order chi connectivity index (χ0) is 23.5. The molecule has 0 atom stereocenters. The van der Waals surface area contributed by atoms with Crippen LogP contribution in [-0.4, -0.2) is 18.4 Å². The van der Waals surface area contributed by atoms with Gasteiger partial charge in [-0.3, -0.25) is 9.59 Å². The Balaban J connectivity index is 0. The second kappa shape index (κ2) is 12.9. The van der Waals surface area contributed by atoms with Crippen molar-refractivity contribution in [3.8, 4) is 0 Å². The number of hydrogen-bond donors (Lipinski definition) is 2. The fourth-order valence-corrected chi connectivity index (χ4v) is 4.34. The fraction of sp³-hybridized carbons (Fsp3) is 0.917. The molecule has 0 aliphatic rings. The Morgan fingerprint density at radius 2 is 1.31 bits per heavy atom. The molecule has 0 spiro atoms. The molecular weight excluding hydrogens is 382 g/mol. The summed E-state index contributed by atoms with van der Waals surface area (Å²) in [5.74, 6) is -0.202. The summed E-state index contributed by atoms with van der Waals surface area (Å²) in [5.41, 5.74) is 0.180. The molecule has 0 bridgehead atoms. The summed E-state index contributed by atoms with van der Waals surface area (Å²) in [6.45, 7) is 24.4. The lowest BCUT2D eigenvalue weighted by molar-refractivity contribution is -0.133. The Labute approximate surface area is 186 Å². The van der Waals surface area contributed by atoms with Crippen LogP contribution in [0.25, 0.3) is 0 Å². The van der Waals surface area contributed by atoms with E-state index >= 15 is 0 Å². The van der Waals surface area contributed by atoms with Crippen molar-refractivity contribution in [2.45, 2.75) is 115 Å². The lowest BCUT2D eigenvalue weighted by Crippen LogP contribution is -2.38. The van der Waals surface area contributed by atoms with E-state index in [1.807, 2.05) is 13.8 Å². The highest BCUT2D eigenvalue weighted by molar-refractivity contribution is 7.75. The van der Waals surface area contributed by atoms with Crippen LogP contribution in [0.1, 0.15) is 115 Å². The molecule has 0 fully saturated rings. The Morgan fingerprint density at radius 3 is 1.76 bits per heavy atom. The van der Waals surface area contributed by atoms with Gasteiger partial charge in [0.05, 0.1) is 0 Å². The molecule has 29 heavy (non-hydrogen) atoms. The van der Waals surface area contributed by atoms with E-state index in [0.29, 0.717) is 19.4 Å². The highest BCUT2D eigenvalue weighted by Crippen LogP contribution is 2.39. The summed E-state index contributed by atoms with van der Waals surface area (Å²) in [6, 6.07) is 0. The Hall–Kier alpha value is -0.710. The van der Waals surface area contributed by atoms with Crippen molar-refractivity contribution in [1.29, 1.82) is 0 Å². The van der Waals surface area contributed by atoms with E-state index in [0.717, 1.165) is 25.7 Å². The summed E-state index contributed by atoms with van der Waals surface area (Å²) in [5, 5.41) is 3.15. The molecule has 0 aliphatic heterocycles. The third-order valence-corrected chi connectivity index (χ3v) is 5.59. The third-order valence-electron chi connectivity index (χ3n) is 5.38. The number of hydrogen-bond acceptors (Lipinski definition) is 4. The van der Waals surface area contributed by atoms with Crippen molar-refractivity contribution in [1.82, 2.24) is 5.32 Å². The molecule has 0 saturated heterocycles. The Bertz CT molecular complexity index is 496. The molecule has 1 N–H and O–H groups in total. The van der Waals surface area contributed by atoms with Gasteiger partial charge in [-0.2, -0.15) is 0 Å².